The van der Waals surface area contributed by atoms with Gasteiger partial charge < -0.3 is 10.2 Å². The van der Waals surface area contributed by atoms with Crippen molar-refractivity contribution in [2.45, 2.75) is 13.0 Å². The largest absolute Gasteiger partial charge is 0.341 e. The normalized spacial score (nSPS) is 13.7. The van der Waals surface area contributed by atoms with E-state index in [1.165, 1.54) is 18.2 Å². The van der Waals surface area contributed by atoms with Crippen molar-refractivity contribution in [3.63, 3.8) is 0 Å². The van der Waals surface area contributed by atoms with Crippen LogP contribution in [0.3, 0.4) is 0 Å². The molecule has 0 spiro atoms. The molecule has 0 bridgehead atoms. The molecule has 0 unspecified atom stereocenters. The predicted molar refractivity (Wildman–Crippen MR) is 76.3 cm³/mol. The van der Waals surface area contributed by atoms with Crippen LogP contribution in [0.5, 0.6) is 0 Å². The van der Waals surface area contributed by atoms with E-state index >= 15 is 0 Å². The van der Waals surface area contributed by atoms with Gasteiger partial charge in [-0.25, -0.2) is 8.78 Å². The molecule has 4 heteroatoms. The second kappa shape index (κ2) is 5.21. The Kier molecular flexibility index (Phi) is 3.40. The monoisotopic (exact) mass is 274 g/mol. The summed E-state index contributed by atoms with van der Waals surface area (Å²) in [5.74, 6) is -0.495. The van der Waals surface area contributed by atoms with Crippen LogP contribution in [0.4, 0.5) is 20.2 Å². The number of nitrogens with zero attached hydrogens (tertiary/aromatic N) is 1. The van der Waals surface area contributed by atoms with E-state index in [4.69, 9.17) is 0 Å². The molecule has 3 rings (SSSR count). The van der Waals surface area contributed by atoms with Gasteiger partial charge in [0, 0.05) is 24.5 Å². The van der Waals surface area contributed by atoms with E-state index in [2.05, 4.69) is 10.2 Å². The third kappa shape index (κ3) is 2.27. The summed E-state index contributed by atoms with van der Waals surface area (Å²) in [6, 6.07) is 9.61. The zero-order valence-corrected chi connectivity index (χ0v) is 11.3. The van der Waals surface area contributed by atoms with Crippen molar-refractivity contribution >= 4 is 11.4 Å². The van der Waals surface area contributed by atoms with E-state index in [-0.39, 0.29) is 11.6 Å². The average molecular weight is 274 g/mol. The molecule has 0 fully saturated rings. The SMILES string of the molecule is CNCc1cc(F)ccc1N1CCc2ccc(F)cc21. The Morgan fingerprint density at radius 2 is 1.80 bits per heavy atom. The van der Waals surface area contributed by atoms with Gasteiger partial charge in [0.2, 0.25) is 0 Å². The number of benzene rings is 2. The minimum atomic E-state index is -0.252. The lowest BCUT2D eigenvalue weighted by atomic mass is 10.1. The van der Waals surface area contributed by atoms with Crippen molar-refractivity contribution in [1.82, 2.24) is 5.32 Å². The van der Waals surface area contributed by atoms with E-state index in [1.54, 1.807) is 12.1 Å². The summed E-state index contributed by atoms with van der Waals surface area (Å²) >= 11 is 0. The topological polar surface area (TPSA) is 15.3 Å². The summed E-state index contributed by atoms with van der Waals surface area (Å²) in [5, 5.41) is 3.04. The van der Waals surface area contributed by atoms with Gasteiger partial charge in [-0.2, -0.15) is 0 Å². The maximum absolute atomic E-state index is 13.5. The van der Waals surface area contributed by atoms with Crippen molar-refractivity contribution in [2.75, 3.05) is 18.5 Å². The number of hydrogen-bond donors (Lipinski definition) is 1. The second-order valence-electron chi connectivity index (χ2n) is 4.98. The summed E-state index contributed by atoms with van der Waals surface area (Å²) in [7, 11) is 1.83. The second-order valence-corrected chi connectivity index (χ2v) is 4.98. The molecule has 1 aliphatic rings. The zero-order chi connectivity index (χ0) is 14.1. The third-order valence-electron chi connectivity index (χ3n) is 3.64. The number of rotatable bonds is 3. The highest BCUT2D eigenvalue weighted by Gasteiger charge is 2.22. The Labute approximate surface area is 117 Å². The van der Waals surface area contributed by atoms with Gasteiger partial charge in [-0.05, 0) is 54.9 Å². The lowest BCUT2D eigenvalue weighted by Gasteiger charge is -2.23. The molecule has 104 valence electrons. The molecule has 0 saturated carbocycles. The molecule has 2 aromatic rings. The zero-order valence-electron chi connectivity index (χ0n) is 11.3. The standard InChI is InChI=1S/C16H16F2N2/c1-19-10-12-8-13(17)4-5-15(12)20-7-6-11-2-3-14(18)9-16(11)20/h2-5,8-9,19H,6-7,10H2,1H3. The van der Waals surface area contributed by atoms with Gasteiger partial charge in [0.15, 0.2) is 0 Å². The highest BCUT2D eigenvalue weighted by Crippen LogP contribution is 2.36. The number of nitrogens with one attached hydrogen (secondary N) is 1. The van der Waals surface area contributed by atoms with E-state index in [9.17, 15) is 8.78 Å². The molecule has 0 saturated heterocycles. The number of fused-ring (bicyclic) bond motifs is 1. The first-order valence-corrected chi connectivity index (χ1v) is 6.68. The Hall–Kier alpha value is -1.94. The van der Waals surface area contributed by atoms with E-state index in [0.717, 1.165) is 35.5 Å². The van der Waals surface area contributed by atoms with Crippen LogP contribution in [0.1, 0.15) is 11.1 Å². The number of anilines is 2. The fourth-order valence-corrected chi connectivity index (χ4v) is 2.75. The Morgan fingerprint density at radius 3 is 2.60 bits per heavy atom. The number of hydrogen-bond acceptors (Lipinski definition) is 2. The van der Waals surface area contributed by atoms with Gasteiger partial charge in [-0.15, -0.1) is 0 Å². The van der Waals surface area contributed by atoms with Crippen LogP contribution in [-0.2, 0) is 13.0 Å². The fraction of sp³-hybridized carbons (Fsp3) is 0.250. The van der Waals surface area contributed by atoms with E-state index < -0.39 is 0 Å². The maximum atomic E-state index is 13.5. The molecule has 1 aliphatic heterocycles. The minimum Gasteiger partial charge on any atom is -0.341 e. The average Bonchev–Trinajstić information content (AvgIpc) is 2.82. The summed E-state index contributed by atoms with van der Waals surface area (Å²) in [6.45, 7) is 1.37. The van der Waals surface area contributed by atoms with Gasteiger partial charge in [0.1, 0.15) is 11.6 Å². The van der Waals surface area contributed by atoms with Crippen LogP contribution < -0.4 is 10.2 Å². The molecule has 1 N–H and O–H groups in total. The molecule has 1 heterocycles. The molecule has 0 aromatic heterocycles. The van der Waals surface area contributed by atoms with Crippen molar-refractivity contribution < 1.29 is 8.78 Å². The predicted octanol–water partition coefficient (Wildman–Crippen LogP) is 3.38. The van der Waals surface area contributed by atoms with Crippen LogP contribution in [-0.4, -0.2) is 13.6 Å². The maximum Gasteiger partial charge on any atom is 0.125 e. The number of halogens is 2. The first-order valence-electron chi connectivity index (χ1n) is 6.68. The van der Waals surface area contributed by atoms with Crippen LogP contribution in [0.2, 0.25) is 0 Å². The van der Waals surface area contributed by atoms with Gasteiger partial charge in [-0.1, -0.05) is 6.07 Å². The molecular weight excluding hydrogens is 258 g/mol. The lowest BCUT2D eigenvalue weighted by molar-refractivity contribution is 0.623. The van der Waals surface area contributed by atoms with Gasteiger partial charge in [-0.3, -0.25) is 0 Å². The summed E-state index contributed by atoms with van der Waals surface area (Å²) < 4.78 is 26.9. The van der Waals surface area contributed by atoms with Crippen LogP contribution in [0, 0.1) is 11.6 Å². The van der Waals surface area contributed by atoms with Crippen molar-refractivity contribution in [3.05, 3.63) is 59.2 Å². The lowest BCUT2D eigenvalue weighted by Crippen LogP contribution is -2.17. The van der Waals surface area contributed by atoms with Crippen molar-refractivity contribution in [3.8, 4) is 0 Å². The summed E-state index contributed by atoms with van der Waals surface area (Å²) in [5.41, 5.74) is 3.83. The Balaban J connectivity index is 2.05. The van der Waals surface area contributed by atoms with Gasteiger partial charge >= 0.3 is 0 Å². The Bertz CT molecular complexity index is 640. The highest BCUT2D eigenvalue weighted by atomic mass is 19.1. The molecule has 2 aromatic carbocycles. The molecule has 0 atom stereocenters. The van der Waals surface area contributed by atoms with Crippen molar-refractivity contribution in [1.29, 1.82) is 0 Å². The molecule has 0 radical (unpaired) electrons. The first kappa shape index (κ1) is 13.1. The smallest absolute Gasteiger partial charge is 0.125 e. The van der Waals surface area contributed by atoms with Gasteiger partial charge in [0.05, 0.1) is 0 Å². The quantitative estimate of drug-likeness (QED) is 0.923. The van der Waals surface area contributed by atoms with Gasteiger partial charge in [0.25, 0.3) is 0 Å². The van der Waals surface area contributed by atoms with Crippen LogP contribution in [0.15, 0.2) is 36.4 Å². The molecule has 2 nitrogen and oxygen atoms in total. The first-order chi connectivity index (χ1) is 9.69. The van der Waals surface area contributed by atoms with Crippen LogP contribution >= 0.6 is 0 Å². The summed E-state index contributed by atoms with van der Waals surface area (Å²) in [6.07, 6.45) is 0.881. The molecule has 0 amide bonds. The Morgan fingerprint density at radius 1 is 1.05 bits per heavy atom. The van der Waals surface area contributed by atoms with Crippen molar-refractivity contribution in [2.24, 2.45) is 0 Å². The minimum absolute atomic E-state index is 0.243. The van der Waals surface area contributed by atoms with Crippen LogP contribution in [0.25, 0.3) is 0 Å². The summed E-state index contributed by atoms with van der Waals surface area (Å²) in [4.78, 5) is 2.06. The molecule has 20 heavy (non-hydrogen) atoms. The van der Waals surface area contributed by atoms with E-state index in [0.29, 0.717) is 6.54 Å². The third-order valence-corrected chi connectivity index (χ3v) is 3.64. The molecule has 0 aliphatic carbocycles. The molecular formula is C16H16F2N2. The van der Waals surface area contributed by atoms with E-state index in [1.807, 2.05) is 13.1 Å². The fourth-order valence-electron chi connectivity index (χ4n) is 2.75. The highest BCUT2D eigenvalue weighted by molar-refractivity contribution is 5.72.